The number of benzene rings is 1. The molecule has 2 atom stereocenters. The van der Waals surface area contributed by atoms with Crippen LogP contribution in [0, 0.1) is 11.6 Å². The molecule has 0 bridgehead atoms. The number of hydrogen-bond donors (Lipinski definition) is 2. The van der Waals surface area contributed by atoms with Crippen molar-refractivity contribution in [1.82, 2.24) is 15.2 Å². The molecule has 15 heteroatoms. The summed E-state index contributed by atoms with van der Waals surface area (Å²) in [4.78, 5) is 29.2. The van der Waals surface area contributed by atoms with Crippen molar-refractivity contribution in [3.63, 3.8) is 0 Å². The van der Waals surface area contributed by atoms with Crippen molar-refractivity contribution >= 4 is 11.9 Å². The average molecular weight is 512 g/mol. The molecular formula is C20H16F8N4O3. The largest absolute Gasteiger partial charge is 0.573 e. The third kappa shape index (κ3) is 5.07. The van der Waals surface area contributed by atoms with E-state index in [-0.39, 0.29) is 18.7 Å². The highest BCUT2D eigenvalue weighted by molar-refractivity contribution is 5.93. The highest BCUT2D eigenvalue weighted by Gasteiger charge is 2.52. The fourth-order valence-corrected chi connectivity index (χ4v) is 3.95. The summed E-state index contributed by atoms with van der Waals surface area (Å²) in [6.07, 6.45) is -10.5. The summed E-state index contributed by atoms with van der Waals surface area (Å²) in [6.45, 7) is 0.813. The first-order valence-electron chi connectivity index (χ1n) is 9.70. The van der Waals surface area contributed by atoms with Gasteiger partial charge in [-0.15, -0.1) is 13.2 Å². The molecule has 190 valence electrons. The van der Waals surface area contributed by atoms with Crippen LogP contribution in [-0.2, 0) is 11.0 Å². The zero-order chi connectivity index (χ0) is 26.3. The Morgan fingerprint density at radius 2 is 1.80 bits per heavy atom. The minimum atomic E-state index is -5.26. The van der Waals surface area contributed by atoms with Gasteiger partial charge in [-0.1, -0.05) is 6.07 Å². The second-order valence-corrected chi connectivity index (χ2v) is 7.63. The Morgan fingerprint density at radius 1 is 1.14 bits per heavy atom. The maximum absolute atomic E-state index is 14.5. The number of rotatable bonds is 4. The van der Waals surface area contributed by atoms with Gasteiger partial charge in [-0.05, 0) is 36.8 Å². The van der Waals surface area contributed by atoms with E-state index in [0.29, 0.717) is 18.2 Å². The molecule has 35 heavy (non-hydrogen) atoms. The second kappa shape index (κ2) is 8.85. The molecule has 2 aromatic rings. The van der Waals surface area contributed by atoms with Crippen LogP contribution in [0.4, 0.5) is 39.9 Å². The SMILES string of the molecule is CC1([C@H](c2ccc(OC(F)(F)F)c(F)c2)c2ccc(F)c(C(F)(F)F)n2)C(=O)NCCN1C(N)=O. The molecule has 0 aliphatic carbocycles. The fraction of sp³-hybridized carbons (Fsp3) is 0.350. The van der Waals surface area contributed by atoms with Gasteiger partial charge >= 0.3 is 18.6 Å². The minimum absolute atomic E-state index is 0.0819. The Morgan fingerprint density at radius 3 is 2.34 bits per heavy atom. The van der Waals surface area contributed by atoms with Crippen molar-refractivity contribution in [1.29, 1.82) is 0 Å². The van der Waals surface area contributed by atoms with Crippen molar-refractivity contribution in [2.75, 3.05) is 13.1 Å². The first-order valence-corrected chi connectivity index (χ1v) is 9.70. The number of alkyl halides is 6. The molecule has 0 saturated carbocycles. The van der Waals surface area contributed by atoms with E-state index in [9.17, 15) is 44.7 Å². The van der Waals surface area contributed by atoms with E-state index in [1.165, 1.54) is 0 Å². The van der Waals surface area contributed by atoms with Gasteiger partial charge in [0.05, 0.1) is 11.6 Å². The molecule has 2 heterocycles. The zero-order valence-electron chi connectivity index (χ0n) is 17.6. The van der Waals surface area contributed by atoms with Crippen LogP contribution in [0.25, 0.3) is 0 Å². The van der Waals surface area contributed by atoms with Crippen molar-refractivity contribution < 1.29 is 49.4 Å². The van der Waals surface area contributed by atoms with Crippen LogP contribution in [0.2, 0.25) is 0 Å². The summed E-state index contributed by atoms with van der Waals surface area (Å²) in [5.74, 6) is -7.23. The van der Waals surface area contributed by atoms with Crippen LogP contribution >= 0.6 is 0 Å². The predicted octanol–water partition coefficient (Wildman–Crippen LogP) is 3.68. The summed E-state index contributed by atoms with van der Waals surface area (Å²) < 4.78 is 110. The van der Waals surface area contributed by atoms with Gasteiger partial charge in [-0.2, -0.15) is 13.2 Å². The Bertz CT molecular complexity index is 1150. The lowest BCUT2D eigenvalue weighted by Crippen LogP contribution is -2.68. The average Bonchev–Trinajstić information content (AvgIpc) is 2.71. The van der Waals surface area contributed by atoms with Crippen molar-refractivity contribution in [2.24, 2.45) is 5.73 Å². The molecule has 3 N–H and O–H groups in total. The monoisotopic (exact) mass is 512 g/mol. The van der Waals surface area contributed by atoms with E-state index in [4.69, 9.17) is 5.73 Å². The number of aromatic nitrogens is 1. The number of nitrogens with one attached hydrogen (secondary N) is 1. The molecular weight excluding hydrogens is 496 g/mol. The number of ether oxygens (including phenoxy) is 1. The molecule has 1 unspecified atom stereocenters. The standard InChI is InChI=1S/C20H16F8N4O3/c1-18(16(33)30-6-7-32(18)17(29)34)14(12-4-3-10(21)15(31-12)19(23,24)25)9-2-5-13(11(22)8-9)35-20(26,27)28/h2-5,8,14H,6-7H2,1H3,(H2,29,34)(H,30,33)/t14-,18?/m1/s1. The summed E-state index contributed by atoms with van der Waals surface area (Å²) in [6, 6.07) is 1.89. The highest BCUT2D eigenvalue weighted by Crippen LogP contribution is 2.42. The maximum Gasteiger partial charge on any atom is 0.573 e. The molecule has 1 aliphatic heterocycles. The lowest BCUT2D eigenvalue weighted by molar-refractivity contribution is -0.275. The Labute approximate surface area is 191 Å². The molecule has 3 rings (SSSR count). The van der Waals surface area contributed by atoms with Crippen LogP contribution in [0.1, 0.15) is 29.8 Å². The summed E-state index contributed by atoms with van der Waals surface area (Å²) >= 11 is 0. The number of carbonyl (C=O) groups excluding carboxylic acids is 2. The Kier molecular flexibility index (Phi) is 6.57. The van der Waals surface area contributed by atoms with Gasteiger partial charge in [0.25, 0.3) is 0 Å². The highest BCUT2D eigenvalue weighted by atomic mass is 19.4. The molecule has 3 amide bonds. The summed E-state index contributed by atoms with van der Waals surface area (Å²) in [5, 5.41) is 2.41. The molecule has 1 fully saturated rings. The van der Waals surface area contributed by atoms with Gasteiger partial charge < -0.3 is 20.7 Å². The zero-order valence-corrected chi connectivity index (χ0v) is 17.6. The lowest BCUT2D eigenvalue weighted by atomic mass is 9.75. The smallest absolute Gasteiger partial charge is 0.403 e. The second-order valence-electron chi connectivity index (χ2n) is 7.63. The molecule has 0 spiro atoms. The third-order valence-corrected chi connectivity index (χ3v) is 5.42. The Balaban J connectivity index is 2.28. The van der Waals surface area contributed by atoms with Crippen molar-refractivity contribution in [3.05, 3.63) is 58.9 Å². The summed E-state index contributed by atoms with van der Waals surface area (Å²) in [5.41, 5.74) is 0.279. The van der Waals surface area contributed by atoms with Crippen LogP contribution in [0.3, 0.4) is 0 Å². The normalized spacial score (nSPS) is 19.8. The van der Waals surface area contributed by atoms with E-state index >= 15 is 0 Å². The number of primary amides is 1. The predicted molar refractivity (Wildman–Crippen MR) is 102 cm³/mol. The third-order valence-electron chi connectivity index (χ3n) is 5.42. The molecule has 0 radical (unpaired) electrons. The maximum atomic E-state index is 14.5. The molecule has 1 aromatic heterocycles. The van der Waals surface area contributed by atoms with Crippen molar-refractivity contribution in [3.8, 4) is 5.75 Å². The summed E-state index contributed by atoms with van der Waals surface area (Å²) in [7, 11) is 0. The van der Waals surface area contributed by atoms with Crippen LogP contribution in [0.5, 0.6) is 5.75 Å². The number of halogens is 8. The van der Waals surface area contributed by atoms with Crippen LogP contribution in [0.15, 0.2) is 30.3 Å². The minimum Gasteiger partial charge on any atom is -0.403 e. The number of piperazine rings is 1. The number of nitrogens with two attached hydrogens (primary N) is 1. The fourth-order valence-electron chi connectivity index (χ4n) is 3.95. The van der Waals surface area contributed by atoms with E-state index in [0.717, 1.165) is 24.0 Å². The number of urea groups is 1. The lowest BCUT2D eigenvalue weighted by Gasteiger charge is -2.47. The molecule has 7 nitrogen and oxygen atoms in total. The van der Waals surface area contributed by atoms with Crippen LogP contribution < -0.4 is 15.8 Å². The number of amides is 3. The van der Waals surface area contributed by atoms with E-state index in [2.05, 4.69) is 15.0 Å². The quantitative estimate of drug-likeness (QED) is 0.611. The van der Waals surface area contributed by atoms with Gasteiger partial charge in [0, 0.05) is 13.1 Å². The van der Waals surface area contributed by atoms with E-state index in [1.807, 2.05) is 0 Å². The van der Waals surface area contributed by atoms with Gasteiger partial charge in [-0.3, -0.25) is 4.79 Å². The van der Waals surface area contributed by atoms with Crippen LogP contribution in [-0.4, -0.2) is 46.8 Å². The molecule has 1 aliphatic rings. The van der Waals surface area contributed by atoms with Gasteiger partial charge in [0.15, 0.2) is 23.1 Å². The topological polar surface area (TPSA) is 97.6 Å². The number of hydrogen-bond acceptors (Lipinski definition) is 4. The first kappa shape index (κ1) is 26.0. The van der Waals surface area contributed by atoms with E-state index in [1.54, 1.807) is 0 Å². The van der Waals surface area contributed by atoms with Crippen molar-refractivity contribution in [2.45, 2.75) is 30.9 Å². The first-order chi connectivity index (χ1) is 16.1. The Hall–Kier alpha value is -3.65. The van der Waals surface area contributed by atoms with Gasteiger partial charge in [0.1, 0.15) is 5.54 Å². The number of carbonyl (C=O) groups is 2. The molecule has 1 saturated heterocycles. The number of pyridine rings is 1. The van der Waals surface area contributed by atoms with Gasteiger partial charge in [-0.25, -0.2) is 18.6 Å². The van der Waals surface area contributed by atoms with Gasteiger partial charge in [0.2, 0.25) is 5.91 Å². The number of nitrogens with zero attached hydrogens (tertiary/aromatic N) is 2. The van der Waals surface area contributed by atoms with E-state index < -0.39 is 64.7 Å². The molecule has 1 aromatic carbocycles.